The highest BCUT2D eigenvalue weighted by atomic mass is 31.0. The van der Waals surface area contributed by atoms with E-state index < -0.39 is 0 Å². The number of ether oxygens (including phenoxy) is 1. The average Bonchev–Trinajstić information content (AvgIpc) is 1.65. The maximum absolute atomic E-state index is 10.2. The molecule has 0 amide bonds. The monoisotopic (exact) mass is 119 g/mol. The van der Waals surface area contributed by atoms with Gasteiger partial charge in [-0.3, -0.25) is 0 Å². The highest BCUT2D eigenvalue weighted by molar-refractivity contribution is 7.25. The van der Waals surface area contributed by atoms with Gasteiger partial charge in [-0.05, 0) is 0 Å². The fraction of sp³-hybridized carbons (Fsp3) is 0.500. The zero-order valence-electron chi connectivity index (χ0n) is 4.39. The number of rotatable bonds is 1. The van der Waals surface area contributed by atoms with E-state index in [1.54, 1.807) is 6.92 Å². The SMILES string of the molecule is COC(=O)C(C)=[PH2+]. The van der Waals surface area contributed by atoms with Crippen LogP contribution >= 0.6 is 8.86 Å². The topological polar surface area (TPSA) is 26.3 Å². The molecule has 0 aliphatic carbocycles. The molecule has 0 aliphatic rings. The van der Waals surface area contributed by atoms with Gasteiger partial charge in [-0.15, -0.1) is 0 Å². The van der Waals surface area contributed by atoms with Crippen molar-refractivity contribution in [1.82, 2.24) is 0 Å². The van der Waals surface area contributed by atoms with E-state index in [1.165, 1.54) is 7.11 Å². The molecule has 40 valence electrons. The van der Waals surface area contributed by atoms with Crippen molar-refractivity contribution in [2.45, 2.75) is 6.92 Å². The summed E-state index contributed by atoms with van der Waals surface area (Å²) in [6, 6.07) is 0. The van der Waals surface area contributed by atoms with Gasteiger partial charge >= 0.3 is 5.97 Å². The lowest BCUT2D eigenvalue weighted by atomic mass is 10.5. The molecular formula is C4H8O2P+. The minimum Gasteiger partial charge on any atom is -0.463 e. The molecule has 3 heteroatoms. The van der Waals surface area contributed by atoms with Crippen molar-refractivity contribution in [1.29, 1.82) is 0 Å². The van der Waals surface area contributed by atoms with Crippen LogP contribution in [0.2, 0.25) is 0 Å². The molecule has 0 aliphatic heterocycles. The number of carbonyl (C=O) groups excluding carboxylic acids is 1. The third kappa shape index (κ3) is 2.35. The van der Waals surface area contributed by atoms with E-state index in [0.29, 0.717) is 5.29 Å². The molecule has 0 radical (unpaired) electrons. The Morgan fingerprint density at radius 3 is 2.14 bits per heavy atom. The van der Waals surface area contributed by atoms with Gasteiger partial charge in [0.05, 0.1) is 16.0 Å². The fourth-order valence-corrected chi connectivity index (χ4v) is 0.279. The zero-order chi connectivity index (χ0) is 5.86. The smallest absolute Gasteiger partial charge is 0.375 e. The first-order valence-electron chi connectivity index (χ1n) is 1.86. The van der Waals surface area contributed by atoms with Crippen LogP contribution in [0.1, 0.15) is 6.92 Å². The quantitative estimate of drug-likeness (QED) is 0.364. The second kappa shape index (κ2) is 2.75. The van der Waals surface area contributed by atoms with Crippen LogP contribution in [0.3, 0.4) is 0 Å². The van der Waals surface area contributed by atoms with Crippen molar-refractivity contribution in [3.05, 3.63) is 0 Å². The molecule has 0 bridgehead atoms. The van der Waals surface area contributed by atoms with Crippen molar-refractivity contribution >= 4 is 20.1 Å². The molecule has 0 rings (SSSR count). The standard InChI is InChI=1S/C4H7O2P/c1-3(7)4(5)6-2/h7H,1-2H3/p+1. The van der Waals surface area contributed by atoms with Crippen molar-refractivity contribution in [3.63, 3.8) is 0 Å². The van der Waals surface area contributed by atoms with Gasteiger partial charge in [0.1, 0.15) is 0 Å². The van der Waals surface area contributed by atoms with E-state index in [4.69, 9.17) is 0 Å². The molecule has 0 saturated carbocycles. The van der Waals surface area contributed by atoms with Gasteiger partial charge in [0.2, 0.25) is 0 Å². The van der Waals surface area contributed by atoms with E-state index in [0.717, 1.165) is 0 Å². The molecule has 0 N–H and O–H groups in total. The largest absolute Gasteiger partial charge is 0.463 e. The summed E-state index contributed by atoms with van der Waals surface area (Å²) in [7, 11) is 3.62. The molecule has 1 unspecified atom stereocenters. The number of carbonyl (C=O) groups is 1. The third-order valence-corrected chi connectivity index (χ3v) is 0.743. The highest BCUT2D eigenvalue weighted by Crippen LogP contribution is 1.80. The Labute approximate surface area is 44.7 Å². The molecule has 0 aromatic rings. The predicted molar refractivity (Wildman–Crippen MR) is 32.4 cm³/mol. The second-order valence-electron chi connectivity index (χ2n) is 1.17. The van der Waals surface area contributed by atoms with Crippen molar-refractivity contribution in [3.8, 4) is 0 Å². The normalized spacial score (nSPS) is 7.71. The fourth-order valence-electron chi connectivity index (χ4n) is 0.161. The van der Waals surface area contributed by atoms with Gasteiger partial charge in [0.25, 0.3) is 0 Å². The summed E-state index contributed by atoms with van der Waals surface area (Å²) < 4.78 is 4.31. The van der Waals surface area contributed by atoms with E-state index >= 15 is 0 Å². The van der Waals surface area contributed by atoms with Gasteiger partial charge in [0.15, 0.2) is 5.29 Å². The van der Waals surface area contributed by atoms with E-state index in [1.807, 2.05) is 0 Å². The summed E-state index contributed by atoms with van der Waals surface area (Å²) in [5, 5.41) is 0.600. The zero-order valence-corrected chi connectivity index (χ0v) is 5.55. The summed E-state index contributed by atoms with van der Waals surface area (Å²) in [4.78, 5) is 10.2. The summed E-state index contributed by atoms with van der Waals surface area (Å²) in [5.74, 6) is -0.273. The highest BCUT2D eigenvalue weighted by Gasteiger charge is 2.03. The van der Waals surface area contributed by atoms with Crippen LogP contribution in [-0.4, -0.2) is 18.4 Å². The summed E-state index contributed by atoms with van der Waals surface area (Å²) in [6.07, 6.45) is 0. The molecule has 0 aromatic carbocycles. The Balaban J connectivity index is 3.58. The molecule has 7 heavy (non-hydrogen) atoms. The van der Waals surface area contributed by atoms with Crippen LogP contribution in [0.4, 0.5) is 0 Å². The lowest BCUT2D eigenvalue weighted by molar-refractivity contribution is -0.132. The Morgan fingerprint density at radius 1 is 1.71 bits per heavy atom. The Hall–Kier alpha value is -0.360. The van der Waals surface area contributed by atoms with Crippen LogP contribution in [0, 0.1) is 0 Å². The van der Waals surface area contributed by atoms with E-state index in [9.17, 15) is 4.79 Å². The Bertz CT molecular complexity index is 97.9. The van der Waals surface area contributed by atoms with Gasteiger partial charge in [0, 0.05) is 6.92 Å². The molecule has 0 spiro atoms. The summed E-state index contributed by atoms with van der Waals surface area (Å²) in [6.45, 7) is 1.68. The van der Waals surface area contributed by atoms with Crippen LogP contribution in [0.15, 0.2) is 0 Å². The Morgan fingerprint density at radius 2 is 2.14 bits per heavy atom. The van der Waals surface area contributed by atoms with Crippen LogP contribution in [0.25, 0.3) is 0 Å². The molecule has 0 saturated heterocycles. The molecule has 0 fully saturated rings. The van der Waals surface area contributed by atoms with Gasteiger partial charge in [-0.2, -0.15) is 0 Å². The average molecular weight is 119 g/mol. The minimum absolute atomic E-state index is 0.273. The number of methoxy groups -OCH3 is 1. The van der Waals surface area contributed by atoms with Crippen molar-refractivity contribution in [2.75, 3.05) is 7.11 Å². The molecular weight excluding hydrogens is 111 g/mol. The van der Waals surface area contributed by atoms with Gasteiger partial charge in [-0.1, -0.05) is 0 Å². The van der Waals surface area contributed by atoms with Crippen LogP contribution < -0.4 is 0 Å². The number of hydrogen-bond acceptors (Lipinski definition) is 2. The molecule has 0 aromatic heterocycles. The lowest BCUT2D eigenvalue weighted by Crippen LogP contribution is -2.07. The molecule has 1 atom stereocenters. The van der Waals surface area contributed by atoms with Gasteiger partial charge < -0.3 is 4.74 Å². The van der Waals surface area contributed by atoms with E-state index in [-0.39, 0.29) is 5.97 Å². The number of esters is 1. The van der Waals surface area contributed by atoms with Crippen LogP contribution in [0.5, 0.6) is 0 Å². The summed E-state index contributed by atoms with van der Waals surface area (Å²) >= 11 is 0. The molecule has 0 heterocycles. The minimum atomic E-state index is -0.273. The summed E-state index contributed by atoms with van der Waals surface area (Å²) in [5.41, 5.74) is 0. The van der Waals surface area contributed by atoms with Crippen molar-refractivity contribution < 1.29 is 9.53 Å². The lowest BCUT2D eigenvalue weighted by Gasteiger charge is -1.86. The first-order valence-corrected chi connectivity index (χ1v) is 2.43. The van der Waals surface area contributed by atoms with Crippen molar-refractivity contribution in [2.24, 2.45) is 0 Å². The Kier molecular flexibility index (Phi) is 2.61. The maximum Gasteiger partial charge on any atom is 0.375 e. The van der Waals surface area contributed by atoms with E-state index in [2.05, 4.69) is 13.6 Å². The second-order valence-corrected chi connectivity index (χ2v) is 2.04. The van der Waals surface area contributed by atoms with Crippen LogP contribution in [-0.2, 0) is 9.53 Å². The maximum atomic E-state index is 10.2. The first kappa shape index (κ1) is 6.64. The number of hydrogen-bond donors (Lipinski definition) is 0. The van der Waals surface area contributed by atoms with Gasteiger partial charge in [-0.25, -0.2) is 4.79 Å². The first-order chi connectivity index (χ1) is 3.18. The predicted octanol–water partition coefficient (Wildman–Crippen LogP) is 0.227. The molecule has 2 nitrogen and oxygen atoms in total. The third-order valence-electron chi connectivity index (χ3n) is 0.507.